The van der Waals surface area contributed by atoms with E-state index in [1.165, 1.54) is 6.42 Å². The van der Waals surface area contributed by atoms with Crippen molar-refractivity contribution in [3.63, 3.8) is 0 Å². The Hall–Kier alpha value is -2.78. The standard InChI is InChI=1S/C28H40N6O3/c1-28(2,3)18-9-11-21(12-10-18)34(27(37)23-15-22(35)16-29-23)24(25-32-30-17-33(25)20-13-14-20)26(36)31-19-7-5-4-6-8-19/h9-12,17,19-20,22-24,29,35H,4-8,13-16H2,1-3H3,(H,31,36)/t22-,23-,24?/m1/s1. The van der Waals surface area contributed by atoms with Gasteiger partial charge in [-0.2, -0.15) is 0 Å². The van der Waals surface area contributed by atoms with Crippen molar-refractivity contribution in [2.45, 2.75) is 108 Å². The van der Waals surface area contributed by atoms with E-state index in [4.69, 9.17) is 0 Å². The van der Waals surface area contributed by atoms with E-state index in [0.29, 0.717) is 24.5 Å². The Balaban J connectivity index is 1.56. The highest BCUT2D eigenvalue weighted by atomic mass is 16.3. The number of aromatic nitrogens is 3. The van der Waals surface area contributed by atoms with Crippen molar-refractivity contribution in [3.05, 3.63) is 42.0 Å². The lowest BCUT2D eigenvalue weighted by atomic mass is 9.87. The van der Waals surface area contributed by atoms with Crippen molar-refractivity contribution in [2.24, 2.45) is 0 Å². The van der Waals surface area contributed by atoms with Gasteiger partial charge in [0.2, 0.25) is 5.91 Å². The van der Waals surface area contributed by atoms with Gasteiger partial charge in [-0.3, -0.25) is 14.5 Å². The van der Waals surface area contributed by atoms with Crippen LogP contribution in [0.15, 0.2) is 30.6 Å². The molecule has 9 heteroatoms. The Labute approximate surface area is 219 Å². The van der Waals surface area contributed by atoms with Crippen LogP contribution in [0.5, 0.6) is 0 Å². The van der Waals surface area contributed by atoms with Crippen LogP contribution in [0.2, 0.25) is 0 Å². The van der Waals surface area contributed by atoms with Crippen LogP contribution >= 0.6 is 0 Å². The Morgan fingerprint density at radius 2 is 1.81 bits per heavy atom. The summed E-state index contributed by atoms with van der Waals surface area (Å²) in [6.45, 7) is 6.79. The van der Waals surface area contributed by atoms with Gasteiger partial charge in [-0.15, -0.1) is 10.2 Å². The fourth-order valence-corrected chi connectivity index (χ4v) is 5.56. The van der Waals surface area contributed by atoms with Crippen LogP contribution < -0.4 is 15.5 Å². The molecule has 2 aromatic rings. The molecule has 3 aliphatic rings. The monoisotopic (exact) mass is 508 g/mol. The first-order valence-electron chi connectivity index (χ1n) is 13.8. The van der Waals surface area contributed by atoms with Crippen molar-refractivity contribution in [3.8, 4) is 0 Å². The summed E-state index contributed by atoms with van der Waals surface area (Å²) in [6, 6.07) is 6.68. The molecule has 1 saturated heterocycles. The van der Waals surface area contributed by atoms with E-state index < -0.39 is 18.2 Å². The Morgan fingerprint density at radius 1 is 1.11 bits per heavy atom. The average molecular weight is 509 g/mol. The first-order valence-corrected chi connectivity index (χ1v) is 13.8. The van der Waals surface area contributed by atoms with Gasteiger partial charge in [-0.25, -0.2) is 0 Å². The zero-order valence-corrected chi connectivity index (χ0v) is 22.2. The average Bonchev–Trinajstić information content (AvgIpc) is 3.44. The predicted molar refractivity (Wildman–Crippen MR) is 141 cm³/mol. The molecule has 3 atom stereocenters. The molecular formula is C28H40N6O3. The number of benzene rings is 1. The molecule has 200 valence electrons. The van der Waals surface area contributed by atoms with Gasteiger partial charge >= 0.3 is 0 Å². The number of aliphatic hydroxyl groups excluding tert-OH is 1. The van der Waals surface area contributed by atoms with Crippen LogP contribution in [0, 0.1) is 0 Å². The number of carbonyl (C=O) groups excluding carboxylic acids is 2. The molecule has 37 heavy (non-hydrogen) atoms. The molecular weight excluding hydrogens is 468 g/mol. The van der Waals surface area contributed by atoms with E-state index in [1.807, 2.05) is 28.8 Å². The molecule has 0 spiro atoms. The van der Waals surface area contributed by atoms with Crippen molar-refractivity contribution >= 4 is 17.5 Å². The molecule has 9 nitrogen and oxygen atoms in total. The predicted octanol–water partition coefficient (Wildman–Crippen LogP) is 3.16. The molecule has 1 aromatic heterocycles. The topological polar surface area (TPSA) is 112 Å². The lowest BCUT2D eigenvalue weighted by Gasteiger charge is -2.34. The molecule has 2 aliphatic carbocycles. The molecule has 0 bridgehead atoms. The molecule has 0 radical (unpaired) electrons. The molecule has 3 fully saturated rings. The van der Waals surface area contributed by atoms with Crippen LogP contribution in [-0.4, -0.2) is 56.4 Å². The highest BCUT2D eigenvalue weighted by Crippen LogP contribution is 2.39. The van der Waals surface area contributed by atoms with E-state index in [9.17, 15) is 14.7 Å². The maximum absolute atomic E-state index is 14.1. The molecule has 2 saturated carbocycles. The van der Waals surface area contributed by atoms with Crippen molar-refractivity contribution in [2.75, 3.05) is 11.4 Å². The van der Waals surface area contributed by atoms with E-state index in [1.54, 1.807) is 11.2 Å². The molecule has 2 heterocycles. The summed E-state index contributed by atoms with van der Waals surface area (Å²) >= 11 is 0. The molecule has 1 aromatic carbocycles. The zero-order valence-electron chi connectivity index (χ0n) is 22.2. The summed E-state index contributed by atoms with van der Waals surface area (Å²) in [6.07, 6.45) is 8.66. The lowest BCUT2D eigenvalue weighted by Crippen LogP contribution is -2.52. The van der Waals surface area contributed by atoms with Crippen molar-refractivity contribution in [1.29, 1.82) is 0 Å². The van der Waals surface area contributed by atoms with Crippen LogP contribution in [0.1, 0.15) is 95.6 Å². The number of amides is 2. The van der Waals surface area contributed by atoms with Crippen LogP contribution in [0.3, 0.4) is 0 Å². The van der Waals surface area contributed by atoms with Gasteiger partial charge in [0, 0.05) is 24.3 Å². The number of aliphatic hydroxyl groups is 1. The van der Waals surface area contributed by atoms with Crippen molar-refractivity contribution < 1.29 is 14.7 Å². The van der Waals surface area contributed by atoms with Gasteiger partial charge in [-0.1, -0.05) is 52.2 Å². The van der Waals surface area contributed by atoms with Crippen molar-refractivity contribution in [1.82, 2.24) is 25.4 Å². The quantitative estimate of drug-likeness (QED) is 0.530. The minimum absolute atomic E-state index is 0.0472. The summed E-state index contributed by atoms with van der Waals surface area (Å²) in [4.78, 5) is 29.8. The third kappa shape index (κ3) is 5.72. The van der Waals surface area contributed by atoms with E-state index in [2.05, 4.69) is 41.6 Å². The van der Waals surface area contributed by atoms with Crippen LogP contribution in [-0.2, 0) is 15.0 Å². The van der Waals surface area contributed by atoms with E-state index in [0.717, 1.165) is 44.1 Å². The minimum atomic E-state index is -0.961. The fraction of sp³-hybridized carbons (Fsp3) is 0.643. The molecule has 1 aliphatic heterocycles. The van der Waals surface area contributed by atoms with Gasteiger partial charge in [0.05, 0.1) is 12.1 Å². The molecule has 1 unspecified atom stereocenters. The largest absolute Gasteiger partial charge is 0.392 e. The first-order chi connectivity index (χ1) is 17.7. The number of hydrogen-bond acceptors (Lipinski definition) is 6. The fourth-order valence-electron chi connectivity index (χ4n) is 5.56. The number of rotatable bonds is 7. The Bertz CT molecular complexity index is 1100. The zero-order chi connectivity index (χ0) is 26.2. The normalized spacial score (nSPS) is 23.6. The van der Waals surface area contributed by atoms with Crippen LogP contribution in [0.25, 0.3) is 0 Å². The number of nitrogens with one attached hydrogen (secondary N) is 2. The molecule has 5 rings (SSSR count). The molecule has 2 amide bonds. The third-order valence-corrected chi connectivity index (χ3v) is 7.90. The smallest absolute Gasteiger partial charge is 0.251 e. The lowest BCUT2D eigenvalue weighted by molar-refractivity contribution is -0.128. The summed E-state index contributed by atoms with van der Waals surface area (Å²) < 4.78 is 1.96. The number of β-amino-alcohol motifs (C(OH)–C–C–N with tert-alkyl or cyclic N) is 1. The summed E-state index contributed by atoms with van der Waals surface area (Å²) in [7, 11) is 0. The Kier molecular flexibility index (Phi) is 7.36. The van der Waals surface area contributed by atoms with Gasteiger partial charge < -0.3 is 20.3 Å². The SMILES string of the molecule is CC(C)(C)c1ccc(N(C(=O)[C@H]2C[C@@H](O)CN2)C(C(=O)NC2CCCCC2)c2nncn2C2CC2)cc1. The Morgan fingerprint density at radius 3 is 2.41 bits per heavy atom. The number of nitrogens with zero attached hydrogens (tertiary/aromatic N) is 4. The maximum atomic E-state index is 14.1. The summed E-state index contributed by atoms with van der Waals surface area (Å²) in [5.74, 6) is 0.0189. The highest BCUT2D eigenvalue weighted by Gasteiger charge is 2.43. The van der Waals surface area contributed by atoms with Gasteiger partial charge in [0.25, 0.3) is 5.91 Å². The number of anilines is 1. The van der Waals surface area contributed by atoms with Crippen LogP contribution in [0.4, 0.5) is 5.69 Å². The van der Waals surface area contributed by atoms with Gasteiger partial charge in [0.15, 0.2) is 11.9 Å². The summed E-state index contributed by atoms with van der Waals surface area (Å²) in [5, 5.41) is 25.1. The van der Waals surface area contributed by atoms with Gasteiger partial charge in [0.1, 0.15) is 6.33 Å². The third-order valence-electron chi connectivity index (χ3n) is 7.90. The maximum Gasteiger partial charge on any atom is 0.251 e. The van der Waals surface area contributed by atoms with Gasteiger partial charge in [-0.05, 0) is 55.2 Å². The van der Waals surface area contributed by atoms with E-state index in [-0.39, 0.29) is 29.3 Å². The minimum Gasteiger partial charge on any atom is -0.392 e. The second-order valence-electron chi connectivity index (χ2n) is 11.9. The second kappa shape index (κ2) is 10.5. The molecule has 3 N–H and O–H groups in total. The van der Waals surface area contributed by atoms with E-state index >= 15 is 0 Å². The summed E-state index contributed by atoms with van der Waals surface area (Å²) in [5.41, 5.74) is 1.73. The number of hydrogen-bond donors (Lipinski definition) is 3. The highest BCUT2D eigenvalue weighted by molar-refractivity contribution is 6.03. The first kappa shape index (κ1) is 25.9. The number of carbonyl (C=O) groups is 2. The second-order valence-corrected chi connectivity index (χ2v) is 11.9.